The van der Waals surface area contributed by atoms with Crippen molar-refractivity contribution in [1.29, 1.82) is 0 Å². The molecule has 0 aliphatic heterocycles. The molecule has 0 amide bonds. The molecule has 12 aromatic rings. The number of halogens is 4. The summed E-state index contributed by atoms with van der Waals surface area (Å²) in [5.41, 5.74) is 18.2. The third kappa shape index (κ3) is 34.5. The van der Waals surface area contributed by atoms with Gasteiger partial charge in [0.25, 0.3) is 0 Å². The lowest BCUT2D eigenvalue weighted by molar-refractivity contribution is 0.580. The summed E-state index contributed by atoms with van der Waals surface area (Å²) in [6.07, 6.45) is 16.9. The molecule has 0 saturated carbocycles. The molecule has 12 aromatic carbocycles. The predicted molar refractivity (Wildman–Crippen MR) is 528 cm³/mol. The summed E-state index contributed by atoms with van der Waals surface area (Å²) in [4.78, 5) is 8.85. The van der Waals surface area contributed by atoms with E-state index in [-0.39, 0.29) is 23.1 Å². The molecular formula is C106H124F4N20. The molecule has 24 heteroatoms. The summed E-state index contributed by atoms with van der Waals surface area (Å²) >= 11 is 0. The number of rotatable bonds is 42. The second-order valence-corrected chi connectivity index (χ2v) is 31.1. The van der Waals surface area contributed by atoms with E-state index in [0.29, 0.717) is 51.2 Å². The van der Waals surface area contributed by atoms with E-state index in [9.17, 15) is 17.6 Å². The average Bonchev–Trinajstić information content (AvgIpc) is 0.856. The molecular weight excluding hydrogens is 1630 g/mol. The van der Waals surface area contributed by atoms with E-state index in [1.165, 1.54) is 73.3 Å². The number of azo groups is 8. The molecule has 0 unspecified atom stereocenters. The zero-order chi connectivity index (χ0) is 92.5. The highest BCUT2D eigenvalue weighted by molar-refractivity contribution is 5.59. The maximum absolute atomic E-state index is 14.5. The summed E-state index contributed by atoms with van der Waals surface area (Å²) in [5.74, 6) is -1.15. The minimum Gasteiger partial charge on any atom is -0.378 e. The molecule has 130 heavy (non-hydrogen) atoms. The lowest BCUT2D eigenvalue weighted by Crippen LogP contribution is -2.21. The highest BCUT2D eigenvalue weighted by atomic mass is 19.1. The van der Waals surface area contributed by atoms with Gasteiger partial charge >= 0.3 is 0 Å². The van der Waals surface area contributed by atoms with Crippen LogP contribution in [0.1, 0.15) is 169 Å². The van der Waals surface area contributed by atoms with E-state index in [1.54, 1.807) is 48.5 Å². The van der Waals surface area contributed by atoms with E-state index in [2.05, 4.69) is 190 Å². The fraction of sp³-hybridized carbons (Fsp3) is 0.321. The minimum atomic E-state index is -0.485. The second kappa shape index (κ2) is 55.8. The van der Waals surface area contributed by atoms with Crippen molar-refractivity contribution in [2.45, 2.75) is 172 Å². The van der Waals surface area contributed by atoms with Gasteiger partial charge in [-0.15, -0.1) is 5.11 Å². The summed E-state index contributed by atoms with van der Waals surface area (Å²) in [5, 5.41) is 67.3. The van der Waals surface area contributed by atoms with Crippen molar-refractivity contribution >= 4 is 114 Å². The van der Waals surface area contributed by atoms with Crippen LogP contribution in [0.5, 0.6) is 0 Å². The van der Waals surface area contributed by atoms with Crippen LogP contribution in [0, 0.1) is 23.3 Å². The fourth-order valence-corrected chi connectivity index (χ4v) is 13.4. The quantitative estimate of drug-likeness (QED) is 0.0208. The number of anilines is 4. The molecule has 0 aliphatic rings. The van der Waals surface area contributed by atoms with Crippen LogP contribution < -0.4 is 19.6 Å². The van der Waals surface area contributed by atoms with E-state index in [0.717, 1.165) is 172 Å². The molecule has 20 nitrogen and oxygen atoms in total. The van der Waals surface area contributed by atoms with Crippen LogP contribution in [0.3, 0.4) is 0 Å². The van der Waals surface area contributed by atoms with Crippen molar-refractivity contribution in [2.24, 2.45) is 81.8 Å². The van der Waals surface area contributed by atoms with Gasteiger partial charge in [0, 0.05) is 100 Å². The Labute approximate surface area is 766 Å². The first kappa shape index (κ1) is 100. The molecule has 0 atom stereocenters. The van der Waals surface area contributed by atoms with Crippen molar-refractivity contribution in [3.8, 4) is 0 Å². The van der Waals surface area contributed by atoms with Crippen molar-refractivity contribution < 1.29 is 17.6 Å². The standard InChI is InChI=1S/C30H38FN5.2C26H30FN5.C24H26FN5/c1-4-7-8-9-10-11-12-24-13-14-28(23-30(24)31)35-34-26-17-15-25(16-18-26)32-33-27-19-21-29(22-20-27)36(5-2)6-3;1-4-7-8-20-9-11-21(12-10-20)29-31-26-18-15-23(19-25(26)27)30-28-22-13-16-24(17-14-22)32(5-2)6-3;1-4-7-8-20-9-10-24(19-26(20)27)31-30-22-13-11-21(12-14-22)28-29-23-15-17-25(18-16-23)32(5-2)6-3;1-4-5-6-18-7-8-22(17-24(18)25)29-28-20-11-9-19(10-12-20)26-27-21-13-15-23(16-14-21)30(2)3/h13-23H,4-12H2,1-3H3;2*9-19H,4-8H2,1-3H3;7-17H,4-6H2,1-3H3. The van der Waals surface area contributed by atoms with E-state index < -0.39 is 5.82 Å². The van der Waals surface area contributed by atoms with Gasteiger partial charge in [-0.05, 0) is 327 Å². The van der Waals surface area contributed by atoms with Crippen LogP contribution in [0.4, 0.5) is 131 Å². The molecule has 676 valence electrons. The Balaban J connectivity index is 0.000000196. The van der Waals surface area contributed by atoms with Gasteiger partial charge in [0.2, 0.25) is 0 Å². The Kier molecular flexibility index (Phi) is 43.0. The lowest BCUT2D eigenvalue weighted by Gasteiger charge is -2.20. The third-order valence-electron chi connectivity index (χ3n) is 21.3. The van der Waals surface area contributed by atoms with E-state index >= 15 is 0 Å². The van der Waals surface area contributed by atoms with Gasteiger partial charge in [0.1, 0.15) is 23.1 Å². The first-order chi connectivity index (χ1) is 63.4. The molecule has 0 aliphatic carbocycles. The summed E-state index contributed by atoms with van der Waals surface area (Å²) in [7, 11) is 3.99. The number of aryl methyl sites for hydroxylation is 4. The van der Waals surface area contributed by atoms with Crippen LogP contribution in [-0.4, -0.2) is 53.4 Å². The number of nitrogens with zero attached hydrogens (tertiary/aromatic N) is 20. The van der Waals surface area contributed by atoms with E-state index in [4.69, 9.17) is 0 Å². The predicted octanol–water partition coefficient (Wildman–Crippen LogP) is 36.2. The zero-order valence-corrected chi connectivity index (χ0v) is 77.4. The number of benzene rings is 12. The molecule has 0 heterocycles. The fourth-order valence-electron chi connectivity index (χ4n) is 13.4. The molecule has 0 spiro atoms. The lowest BCUT2D eigenvalue weighted by atomic mass is 10.0. The van der Waals surface area contributed by atoms with Crippen molar-refractivity contribution in [1.82, 2.24) is 0 Å². The minimum absolute atomic E-state index is 0.169. The van der Waals surface area contributed by atoms with Crippen LogP contribution in [-0.2, 0) is 25.7 Å². The highest BCUT2D eigenvalue weighted by Crippen LogP contribution is 2.34. The monoisotopic (exact) mass is 1750 g/mol. The van der Waals surface area contributed by atoms with Crippen molar-refractivity contribution in [2.75, 3.05) is 73.0 Å². The van der Waals surface area contributed by atoms with Crippen LogP contribution in [0.2, 0.25) is 0 Å². The van der Waals surface area contributed by atoms with Gasteiger partial charge in [0.05, 0.1) is 85.3 Å². The SMILES string of the molecule is CCCCCCCCc1ccc(N=Nc2ccc(N=Nc3ccc(N(CC)CC)cc3)cc2)cc1F.CCCCc1ccc(N=Nc2ccc(N=Nc3ccc(N(C)C)cc3)cc2)cc1F.CCCCc1ccc(N=Nc2ccc(N=Nc3ccc(N(CC)CC)cc3)cc2)cc1F.CCCCc1ccc(N=Nc2ccc(N=Nc3ccc(N(CC)CC)cc3)cc2F)cc1. The molecule has 0 aromatic heterocycles. The maximum Gasteiger partial charge on any atom is 0.152 e. The first-order valence-electron chi connectivity index (χ1n) is 45.6. The van der Waals surface area contributed by atoms with Crippen molar-refractivity contribution in [3.63, 3.8) is 0 Å². The number of unbranched alkanes of at least 4 members (excludes halogenated alkanes) is 8. The summed E-state index contributed by atoms with van der Waals surface area (Å²) in [6.45, 7) is 27.2. The normalized spacial score (nSPS) is 11.5. The Morgan fingerprint density at radius 2 is 0.400 bits per heavy atom. The van der Waals surface area contributed by atoms with Gasteiger partial charge in [-0.3, -0.25) is 0 Å². The molecule has 12 rings (SSSR count). The molecule has 0 N–H and O–H groups in total. The smallest absolute Gasteiger partial charge is 0.152 e. The van der Waals surface area contributed by atoms with Gasteiger partial charge in [-0.2, -0.15) is 76.7 Å². The van der Waals surface area contributed by atoms with Gasteiger partial charge < -0.3 is 19.6 Å². The average molecular weight is 1750 g/mol. The topological polar surface area (TPSA) is 211 Å². The zero-order valence-electron chi connectivity index (χ0n) is 77.4. The van der Waals surface area contributed by atoms with Gasteiger partial charge in [0.15, 0.2) is 5.82 Å². The van der Waals surface area contributed by atoms with Crippen molar-refractivity contribution in [3.05, 3.63) is 312 Å². The Bertz CT molecular complexity index is 5580. The van der Waals surface area contributed by atoms with Crippen LogP contribution in [0.25, 0.3) is 0 Å². The van der Waals surface area contributed by atoms with Crippen LogP contribution >= 0.6 is 0 Å². The summed E-state index contributed by atoms with van der Waals surface area (Å²) in [6, 6.07) is 81.3. The molecule has 0 radical (unpaired) electrons. The number of hydrogen-bond donors (Lipinski definition) is 0. The Morgan fingerprint density at radius 1 is 0.192 bits per heavy atom. The maximum atomic E-state index is 14.5. The molecule has 0 fully saturated rings. The second-order valence-electron chi connectivity index (χ2n) is 31.1. The largest absolute Gasteiger partial charge is 0.378 e. The third-order valence-corrected chi connectivity index (χ3v) is 21.3. The Hall–Kier alpha value is -13.6. The first-order valence-corrected chi connectivity index (χ1v) is 45.6. The van der Waals surface area contributed by atoms with Crippen LogP contribution in [0.15, 0.2) is 349 Å². The van der Waals surface area contributed by atoms with E-state index in [1.807, 2.05) is 189 Å². The molecule has 0 bridgehead atoms. The Morgan fingerprint density at radius 3 is 0.662 bits per heavy atom. The summed E-state index contributed by atoms with van der Waals surface area (Å²) < 4.78 is 57.2. The number of hydrogen-bond acceptors (Lipinski definition) is 20. The molecule has 0 saturated heterocycles. The highest BCUT2D eigenvalue weighted by Gasteiger charge is 2.12. The van der Waals surface area contributed by atoms with Gasteiger partial charge in [-0.1, -0.05) is 109 Å². The van der Waals surface area contributed by atoms with Gasteiger partial charge in [-0.25, -0.2) is 17.6 Å².